The Hall–Kier alpha value is -2.12. The van der Waals surface area contributed by atoms with Crippen LogP contribution in [0.2, 0.25) is 0 Å². The van der Waals surface area contributed by atoms with Gasteiger partial charge in [-0.15, -0.1) is 10.2 Å². The fraction of sp³-hybridized carbons (Fsp3) is 0.211. The number of carbonyl (C=O) groups excluding carboxylic acids is 1. The van der Waals surface area contributed by atoms with Crippen molar-refractivity contribution < 1.29 is 9.53 Å². The van der Waals surface area contributed by atoms with E-state index >= 15 is 0 Å². The molecule has 1 atom stereocenters. The third kappa shape index (κ3) is 4.16. The fourth-order valence-corrected chi connectivity index (χ4v) is 3.84. The van der Waals surface area contributed by atoms with Crippen LogP contribution in [0.4, 0.5) is 0 Å². The molecule has 7 heteroatoms. The van der Waals surface area contributed by atoms with E-state index in [-0.39, 0.29) is 11.2 Å². The normalized spacial score (nSPS) is 12.0. The summed E-state index contributed by atoms with van der Waals surface area (Å²) in [6.45, 7) is 2.41. The Bertz CT molecular complexity index is 899. The Balaban J connectivity index is 2.02. The van der Waals surface area contributed by atoms with Gasteiger partial charge in [-0.1, -0.05) is 76.2 Å². The Labute approximate surface area is 164 Å². The van der Waals surface area contributed by atoms with E-state index in [0.29, 0.717) is 11.7 Å². The lowest BCUT2D eigenvalue weighted by Crippen LogP contribution is -2.16. The van der Waals surface area contributed by atoms with Crippen molar-refractivity contribution in [1.82, 2.24) is 14.8 Å². The van der Waals surface area contributed by atoms with Crippen LogP contribution in [0.25, 0.3) is 11.4 Å². The molecule has 2 aromatic carbocycles. The first-order valence-electron chi connectivity index (χ1n) is 8.06. The molecule has 0 amide bonds. The maximum atomic E-state index is 11.8. The zero-order chi connectivity index (χ0) is 18.5. The van der Waals surface area contributed by atoms with E-state index in [1.165, 1.54) is 18.9 Å². The summed E-state index contributed by atoms with van der Waals surface area (Å²) in [6.07, 6.45) is 0. The maximum Gasteiger partial charge on any atom is 0.318 e. The lowest BCUT2D eigenvalue weighted by Gasteiger charge is -2.13. The van der Waals surface area contributed by atoms with Crippen molar-refractivity contribution in [1.29, 1.82) is 0 Å². The first kappa shape index (κ1) is 18.7. The van der Waals surface area contributed by atoms with Crippen molar-refractivity contribution in [2.45, 2.75) is 23.9 Å². The minimum absolute atomic E-state index is 0.285. The van der Waals surface area contributed by atoms with Crippen LogP contribution in [0.1, 0.15) is 12.5 Å². The highest BCUT2D eigenvalue weighted by molar-refractivity contribution is 9.10. The van der Waals surface area contributed by atoms with E-state index in [1.807, 2.05) is 47.0 Å². The SMILES string of the molecule is COC(=O)[C@@H](C)Sc1nnc(-c2ccccc2Br)n1Cc1ccccc1. The van der Waals surface area contributed by atoms with E-state index in [4.69, 9.17) is 4.74 Å². The Morgan fingerprint density at radius 1 is 1.15 bits per heavy atom. The summed E-state index contributed by atoms with van der Waals surface area (Å²) in [5.41, 5.74) is 2.08. The topological polar surface area (TPSA) is 57.0 Å². The number of hydrogen-bond acceptors (Lipinski definition) is 5. The minimum atomic E-state index is -0.370. The highest BCUT2D eigenvalue weighted by atomic mass is 79.9. The maximum absolute atomic E-state index is 11.8. The smallest absolute Gasteiger partial charge is 0.318 e. The molecule has 1 heterocycles. The third-order valence-electron chi connectivity index (χ3n) is 3.83. The van der Waals surface area contributed by atoms with E-state index in [9.17, 15) is 4.79 Å². The molecule has 0 radical (unpaired) electrons. The van der Waals surface area contributed by atoms with Gasteiger partial charge >= 0.3 is 5.97 Å². The Morgan fingerprint density at radius 2 is 1.85 bits per heavy atom. The Kier molecular flexibility index (Phi) is 6.11. The summed E-state index contributed by atoms with van der Waals surface area (Å²) >= 11 is 4.93. The lowest BCUT2D eigenvalue weighted by molar-refractivity contribution is -0.139. The van der Waals surface area contributed by atoms with Gasteiger partial charge in [0.15, 0.2) is 11.0 Å². The quantitative estimate of drug-likeness (QED) is 0.427. The van der Waals surface area contributed by atoms with Gasteiger partial charge in [-0.05, 0) is 18.6 Å². The first-order chi connectivity index (χ1) is 12.6. The Morgan fingerprint density at radius 3 is 2.54 bits per heavy atom. The van der Waals surface area contributed by atoms with Gasteiger partial charge in [-0.3, -0.25) is 9.36 Å². The number of methoxy groups -OCH3 is 1. The van der Waals surface area contributed by atoms with E-state index in [0.717, 1.165) is 21.4 Å². The standard InChI is InChI=1S/C19H18BrN3O2S/c1-13(18(24)25-2)26-19-22-21-17(15-10-6-7-11-16(15)20)23(19)12-14-8-4-3-5-9-14/h3-11,13H,12H2,1-2H3/t13-/m1/s1. The molecule has 3 aromatic rings. The van der Waals surface area contributed by atoms with Gasteiger partial charge in [-0.2, -0.15) is 0 Å². The van der Waals surface area contributed by atoms with Crippen molar-refractivity contribution in [2.75, 3.05) is 7.11 Å². The fourth-order valence-electron chi connectivity index (χ4n) is 2.50. The molecular weight excluding hydrogens is 414 g/mol. The summed E-state index contributed by atoms with van der Waals surface area (Å²) in [5.74, 6) is 0.465. The zero-order valence-corrected chi connectivity index (χ0v) is 16.8. The molecule has 1 aromatic heterocycles. The molecule has 0 aliphatic carbocycles. The molecule has 0 aliphatic heterocycles. The van der Waals surface area contributed by atoms with Crippen molar-refractivity contribution in [2.24, 2.45) is 0 Å². The molecule has 0 saturated carbocycles. The molecule has 0 bridgehead atoms. The lowest BCUT2D eigenvalue weighted by atomic mass is 10.2. The average Bonchev–Trinajstić information content (AvgIpc) is 3.04. The molecule has 0 N–H and O–H groups in total. The van der Waals surface area contributed by atoms with Crippen LogP contribution >= 0.6 is 27.7 Å². The van der Waals surface area contributed by atoms with Crippen LogP contribution in [0.3, 0.4) is 0 Å². The van der Waals surface area contributed by atoms with Gasteiger partial charge in [0.1, 0.15) is 5.25 Å². The van der Waals surface area contributed by atoms with E-state index in [1.54, 1.807) is 6.92 Å². The molecule has 5 nitrogen and oxygen atoms in total. The zero-order valence-electron chi connectivity index (χ0n) is 14.4. The van der Waals surface area contributed by atoms with Gasteiger partial charge in [0, 0.05) is 10.0 Å². The largest absolute Gasteiger partial charge is 0.468 e. The van der Waals surface area contributed by atoms with Crippen LogP contribution in [-0.4, -0.2) is 33.1 Å². The summed E-state index contributed by atoms with van der Waals surface area (Å²) in [6, 6.07) is 18.0. The van der Waals surface area contributed by atoms with Gasteiger partial charge in [0.05, 0.1) is 13.7 Å². The number of nitrogens with zero attached hydrogens (tertiary/aromatic N) is 3. The van der Waals surface area contributed by atoms with E-state index < -0.39 is 0 Å². The van der Waals surface area contributed by atoms with Gasteiger partial charge in [-0.25, -0.2) is 0 Å². The highest BCUT2D eigenvalue weighted by Gasteiger charge is 2.22. The monoisotopic (exact) mass is 431 g/mol. The highest BCUT2D eigenvalue weighted by Crippen LogP contribution is 2.31. The van der Waals surface area contributed by atoms with Crippen LogP contribution < -0.4 is 0 Å². The summed E-state index contributed by atoms with van der Waals surface area (Å²) in [5, 5.41) is 9.03. The number of ether oxygens (including phenoxy) is 1. The van der Waals surface area contributed by atoms with Crippen molar-refractivity contribution >= 4 is 33.7 Å². The van der Waals surface area contributed by atoms with Crippen molar-refractivity contribution in [3.63, 3.8) is 0 Å². The number of benzene rings is 2. The molecule has 26 heavy (non-hydrogen) atoms. The number of esters is 1. The molecule has 0 saturated heterocycles. The number of rotatable bonds is 6. The van der Waals surface area contributed by atoms with Crippen LogP contribution in [0, 0.1) is 0 Å². The molecule has 134 valence electrons. The van der Waals surface area contributed by atoms with Crippen LogP contribution in [0.5, 0.6) is 0 Å². The first-order valence-corrected chi connectivity index (χ1v) is 9.74. The average molecular weight is 432 g/mol. The molecule has 3 rings (SSSR count). The summed E-state index contributed by atoms with van der Waals surface area (Å²) < 4.78 is 7.80. The van der Waals surface area contributed by atoms with Crippen molar-refractivity contribution in [3.05, 3.63) is 64.6 Å². The van der Waals surface area contributed by atoms with Gasteiger partial charge in [0.25, 0.3) is 0 Å². The number of carbonyl (C=O) groups is 1. The number of thioether (sulfide) groups is 1. The molecule has 0 aliphatic rings. The number of halogens is 1. The summed E-state index contributed by atoms with van der Waals surface area (Å²) in [7, 11) is 1.39. The van der Waals surface area contributed by atoms with Crippen LogP contribution in [0.15, 0.2) is 64.2 Å². The second kappa shape index (κ2) is 8.51. The summed E-state index contributed by atoms with van der Waals surface area (Å²) in [4.78, 5) is 11.8. The van der Waals surface area contributed by atoms with Crippen LogP contribution in [-0.2, 0) is 16.1 Å². The van der Waals surface area contributed by atoms with Gasteiger partial charge in [0.2, 0.25) is 0 Å². The predicted molar refractivity (Wildman–Crippen MR) is 106 cm³/mol. The molecular formula is C19H18BrN3O2S. The predicted octanol–water partition coefficient (Wildman–Crippen LogP) is 4.41. The number of hydrogen-bond donors (Lipinski definition) is 0. The molecule has 0 fully saturated rings. The third-order valence-corrected chi connectivity index (χ3v) is 5.58. The molecule has 0 unspecified atom stereocenters. The number of aromatic nitrogens is 3. The minimum Gasteiger partial charge on any atom is -0.468 e. The van der Waals surface area contributed by atoms with Gasteiger partial charge < -0.3 is 4.74 Å². The van der Waals surface area contributed by atoms with Crippen molar-refractivity contribution in [3.8, 4) is 11.4 Å². The molecule has 0 spiro atoms. The second-order valence-electron chi connectivity index (χ2n) is 5.64. The second-order valence-corrected chi connectivity index (χ2v) is 7.80. The van der Waals surface area contributed by atoms with E-state index in [2.05, 4.69) is 38.3 Å².